The molecule has 2 saturated heterocycles. The molecule has 6 heteroatoms. The molecule has 2 bridgehead atoms. The Labute approximate surface area is 142 Å². The molecule has 0 unspecified atom stereocenters. The van der Waals surface area contributed by atoms with Crippen LogP contribution >= 0.6 is 0 Å². The van der Waals surface area contributed by atoms with Crippen LogP contribution in [0.3, 0.4) is 0 Å². The lowest BCUT2D eigenvalue weighted by Gasteiger charge is -2.26. The van der Waals surface area contributed by atoms with Crippen molar-refractivity contribution in [3.63, 3.8) is 0 Å². The van der Waals surface area contributed by atoms with Crippen LogP contribution in [0.4, 0.5) is 4.79 Å². The predicted molar refractivity (Wildman–Crippen MR) is 93.1 cm³/mol. The van der Waals surface area contributed by atoms with Crippen LogP contribution in [0.15, 0.2) is 30.6 Å². The number of pyridine rings is 1. The molecule has 2 aromatic heterocycles. The van der Waals surface area contributed by atoms with Crippen molar-refractivity contribution in [1.82, 2.24) is 24.5 Å². The zero-order valence-corrected chi connectivity index (χ0v) is 14.2. The fraction of sp³-hybridized carbons (Fsp3) is 0.556. The molecule has 1 N–H and O–H groups in total. The normalized spacial score (nSPS) is 24.3. The molecule has 2 atom stereocenters. The zero-order valence-electron chi connectivity index (χ0n) is 14.2. The average Bonchev–Trinajstić information content (AvgIpc) is 3.07. The maximum atomic E-state index is 12.5. The maximum absolute atomic E-state index is 12.5. The number of aromatic nitrogens is 2. The molecule has 2 fully saturated rings. The number of carbonyl (C=O) groups excluding carboxylic acids is 1. The van der Waals surface area contributed by atoms with E-state index in [-0.39, 0.29) is 6.03 Å². The van der Waals surface area contributed by atoms with Crippen molar-refractivity contribution in [2.45, 2.75) is 37.8 Å². The van der Waals surface area contributed by atoms with Gasteiger partial charge >= 0.3 is 6.03 Å². The van der Waals surface area contributed by atoms with E-state index in [2.05, 4.69) is 22.2 Å². The Morgan fingerprint density at radius 2 is 2.17 bits per heavy atom. The molecule has 4 rings (SSSR count). The van der Waals surface area contributed by atoms with Gasteiger partial charge in [0.2, 0.25) is 0 Å². The van der Waals surface area contributed by atoms with E-state index >= 15 is 0 Å². The molecule has 2 aliphatic heterocycles. The number of likely N-dealkylation sites (tertiary alicyclic amines) is 1. The Morgan fingerprint density at radius 1 is 1.29 bits per heavy atom. The van der Waals surface area contributed by atoms with Crippen LogP contribution in [-0.2, 0) is 6.42 Å². The topological polar surface area (TPSA) is 52.9 Å². The van der Waals surface area contributed by atoms with E-state index in [1.165, 1.54) is 12.8 Å². The third-order valence-corrected chi connectivity index (χ3v) is 5.51. The van der Waals surface area contributed by atoms with Crippen molar-refractivity contribution in [2.75, 3.05) is 26.7 Å². The second kappa shape index (κ2) is 6.43. The number of amides is 2. The standard InChI is InChI=1S/C18H25N5O/c1-21-15-5-6-16(21)13-23(11-8-15)18(24)19-9-7-14-12-22-10-3-2-4-17(22)20-14/h2-4,10,12,15-16H,5-9,11,13H2,1H3,(H,19,24)/t15-,16-/m0/s1. The monoisotopic (exact) mass is 327 g/mol. The molecule has 24 heavy (non-hydrogen) atoms. The minimum atomic E-state index is 0.0692. The lowest BCUT2D eigenvalue weighted by Crippen LogP contribution is -2.45. The van der Waals surface area contributed by atoms with Gasteiger partial charge in [-0.15, -0.1) is 0 Å². The SMILES string of the molecule is CN1[C@H]2CC[C@H]1CN(C(=O)NCCc1cn3ccccc3n1)CC2. The van der Waals surface area contributed by atoms with E-state index in [9.17, 15) is 4.79 Å². The average molecular weight is 327 g/mol. The number of hydrogen-bond acceptors (Lipinski definition) is 3. The van der Waals surface area contributed by atoms with Gasteiger partial charge in [-0.05, 0) is 38.4 Å². The quantitative estimate of drug-likeness (QED) is 0.934. The summed E-state index contributed by atoms with van der Waals surface area (Å²) in [6.07, 6.45) is 8.37. The highest BCUT2D eigenvalue weighted by atomic mass is 16.2. The number of fused-ring (bicyclic) bond motifs is 3. The molecular formula is C18H25N5O. The molecule has 0 radical (unpaired) electrons. The second-order valence-corrected chi connectivity index (χ2v) is 6.97. The highest BCUT2D eigenvalue weighted by molar-refractivity contribution is 5.74. The van der Waals surface area contributed by atoms with Crippen molar-refractivity contribution in [1.29, 1.82) is 0 Å². The minimum absolute atomic E-state index is 0.0692. The van der Waals surface area contributed by atoms with Crippen molar-refractivity contribution in [3.05, 3.63) is 36.3 Å². The fourth-order valence-corrected chi connectivity index (χ4v) is 4.01. The van der Waals surface area contributed by atoms with Crippen LogP contribution in [0, 0.1) is 0 Å². The van der Waals surface area contributed by atoms with Gasteiger partial charge in [-0.25, -0.2) is 9.78 Å². The predicted octanol–water partition coefficient (Wildman–Crippen LogP) is 1.75. The summed E-state index contributed by atoms with van der Waals surface area (Å²) in [7, 11) is 2.20. The van der Waals surface area contributed by atoms with Gasteiger partial charge in [-0.1, -0.05) is 6.07 Å². The van der Waals surface area contributed by atoms with E-state index in [0.29, 0.717) is 18.6 Å². The summed E-state index contributed by atoms with van der Waals surface area (Å²) in [5, 5.41) is 3.07. The van der Waals surface area contributed by atoms with E-state index in [0.717, 1.165) is 37.3 Å². The van der Waals surface area contributed by atoms with E-state index in [4.69, 9.17) is 0 Å². The summed E-state index contributed by atoms with van der Waals surface area (Å²) in [6.45, 7) is 2.35. The first-order chi connectivity index (χ1) is 11.7. The van der Waals surface area contributed by atoms with Gasteiger partial charge in [0.05, 0.1) is 5.69 Å². The molecule has 0 aromatic carbocycles. The van der Waals surface area contributed by atoms with Gasteiger partial charge in [0.25, 0.3) is 0 Å². The Bertz CT molecular complexity index is 694. The molecule has 2 aromatic rings. The van der Waals surface area contributed by atoms with Gasteiger partial charge < -0.3 is 14.6 Å². The highest BCUT2D eigenvalue weighted by Crippen LogP contribution is 2.28. The molecule has 4 heterocycles. The van der Waals surface area contributed by atoms with Crippen molar-refractivity contribution < 1.29 is 4.79 Å². The fourth-order valence-electron chi connectivity index (χ4n) is 4.01. The van der Waals surface area contributed by atoms with Gasteiger partial charge in [-0.2, -0.15) is 0 Å². The molecular weight excluding hydrogens is 302 g/mol. The first-order valence-corrected chi connectivity index (χ1v) is 8.88. The Kier molecular flexibility index (Phi) is 4.14. The molecule has 6 nitrogen and oxygen atoms in total. The molecule has 2 amide bonds. The molecule has 0 saturated carbocycles. The van der Waals surface area contributed by atoms with Crippen LogP contribution in [0.5, 0.6) is 0 Å². The first-order valence-electron chi connectivity index (χ1n) is 8.88. The van der Waals surface area contributed by atoms with E-state index in [1.54, 1.807) is 0 Å². The largest absolute Gasteiger partial charge is 0.338 e. The zero-order chi connectivity index (χ0) is 16.5. The second-order valence-electron chi connectivity index (χ2n) is 6.97. The Morgan fingerprint density at radius 3 is 3.04 bits per heavy atom. The number of imidazole rings is 1. The smallest absolute Gasteiger partial charge is 0.317 e. The number of rotatable bonds is 3. The summed E-state index contributed by atoms with van der Waals surface area (Å²) in [5.74, 6) is 0. The summed E-state index contributed by atoms with van der Waals surface area (Å²) in [6, 6.07) is 7.22. The molecule has 0 aliphatic carbocycles. The van der Waals surface area contributed by atoms with Gasteiger partial charge in [0.1, 0.15) is 5.65 Å². The summed E-state index contributed by atoms with van der Waals surface area (Å²) in [4.78, 5) is 21.5. The minimum Gasteiger partial charge on any atom is -0.338 e. The van der Waals surface area contributed by atoms with Crippen LogP contribution < -0.4 is 5.32 Å². The summed E-state index contributed by atoms with van der Waals surface area (Å²) >= 11 is 0. The number of likely N-dealkylation sites (N-methyl/N-ethyl adjacent to an activating group) is 1. The van der Waals surface area contributed by atoms with Crippen molar-refractivity contribution >= 4 is 11.7 Å². The molecule has 0 spiro atoms. The van der Waals surface area contributed by atoms with Crippen LogP contribution in [0.2, 0.25) is 0 Å². The van der Waals surface area contributed by atoms with Crippen LogP contribution in [-0.4, -0.2) is 64.0 Å². The number of carbonyl (C=O) groups is 1. The van der Waals surface area contributed by atoms with Crippen LogP contribution in [0.25, 0.3) is 5.65 Å². The lowest BCUT2D eigenvalue weighted by molar-refractivity contribution is 0.188. The van der Waals surface area contributed by atoms with Gasteiger partial charge in [0, 0.05) is 50.5 Å². The summed E-state index contributed by atoms with van der Waals surface area (Å²) < 4.78 is 2.01. The highest BCUT2D eigenvalue weighted by Gasteiger charge is 2.35. The van der Waals surface area contributed by atoms with Crippen molar-refractivity contribution in [2.24, 2.45) is 0 Å². The third kappa shape index (κ3) is 2.98. The Hall–Kier alpha value is -2.08. The molecule has 128 valence electrons. The summed E-state index contributed by atoms with van der Waals surface area (Å²) in [5.41, 5.74) is 1.96. The van der Waals surface area contributed by atoms with Crippen molar-refractivity contribution in [3.8, 4) is 0 Å². The molecule has 2 aliphatic rings. The number of hydrogen-bond donors (Lipinski definition) is 1. The van der Waals surface area contributed by atoms with E-state index in [1.807, 2.05) is 39.9 Å². The van der Waals surface area contributed by atoms with Crippen LogP contribution in [0.1, 0.15) is 25.0 Å². The first kappa shape index (κ1) is 15.4. The number of nitrogens with zero attached hydrogens (tertiary/aromatic N) is 4. The number of nitrogens with one attached hydrogen (secondary N) is 1. The van der Waals surface area contributed by atoms with Gasteiger partial charge in [0.15, 0.2) is 0 Å². The maximum Gasteiger partial charge on any atom is 0.317 e. The van der Waals surface area contributed by atoms with Gasteiger partial charge in [-0.3, -0.25) is 4.90 Å². The number of urea groups is 1. The Balaban J connectivity index is 1.30. The van der Waals surface area contributed by atoms with E-state index < -0.39 is 0 Å². The third-order valence-electron chi connectivity index (χ3n) is 5.51. The lowest BCUT2D eigenvalue weighted by atomic mass is 10.1.